The molecule has 0 atom stereocenters. The van der Waals surface area contributed by atoms with Gasteiger partial charge in [-0.05, 0) is 0 Å². The molecule has 2 aromatic heterocycles. The summed E-state index contributed by atoms with van der Waals surface area (Å²) in [5.41, 5.74) is 2.57. The summed E-state index contributed by atoms with van der Waals surface area (Å²) in [7, 11) is 1.64. The van der Waals surface area contributed by atoms with Crippen molar-refractivity contribution in [3.63, 3.8) is 0 Å². The van der Waals surface area contributed by atoms with E-state index in [1.54, 1.807) is 7.05 Å². The van der Waals surface area contributed by atoms with E-state index in [0.29, 0.717) is 18.2 Å². The zero-order valence-corrected chi connectivity index (χ0v) is 9.66. The third-order valence-electron chi connectivity index (χ3n) is 2.22. The highest BCUT2D eigenvalue weighted by atomic mass is 16.2. The summed E-state index contributed by atoms with van der Waals surface area (Å²) < 4.78 is 0. The van der Waals surface area contributed by atoms with E-state index in [-0.39, 0.29) is 11.6 Å². The first-order valence-electron chi connectivity index (χ1n) is 5.09. The number of nitrogens with zero attached hydrogens (tertiary/aromatic N) is 5. The normalized spacial score (nSPS) is 10.1. The van der Waals surface area contributed by atoms with Crippen molar-refractivity contribution < 1.29 is 4.79 Å². The number of nitrogens with two attached hydrogens (primary N) is 1. The van der Waals surface area contributed by atoms with Crippen molar-refractivity contribution in [3.8, 4) is 0 Å². The summed E-state index contributed by atoms with van der Waals surface area (Å²) in [6, 6.07) is 0. The van der Waals surface area contributed by atoms with Gasteiger partial charge in [-0.2, -0.15) is 5.10 Å². The van der Waals surface area contributed by atoms with Crippen LogP contribution in [0, 0.1) is 0 Å². The maximum absolute atomic E-state index is 12.0. The van der Waals surface area contributed by atoms with Gasteiger partial charge < -0.3 is 10.3 Å². The van der Waals surface area contributed by atoms with Crippen molar-refractivity contribution in [2.75, 3.05) is 12.5 Å². The van der Waals surface area contributed by atoms with Crippen LogP contribution < -0.4 is 11.3 Å². The van der Waals surface area contributed by atoms with E-state index in [9.17, 15) is 4.79 Å². The van der Waals surface area contributed by atoms with Crippen molar-refractivity contribution in [2.45, 2.75) is 6.54 Å². The number of aromatic nitrogens is 5. The number of amides is 1. The van der Waals surface area contributed by atoms with Crippen LogP contribution in [0.1, 0.15) is 16.3 Å². The first-order valence-corrected chi connectivity index (χ1v) is 5.09. The lowest BCUT2D eigenvalue weighted by molar-refractivity contribution is 0.0775. The minimum absolute atomic E-state index is 0.232. The second-order valence-electron chi connectivity index (χ2n) is 3.52. The van der Waals surface area contributed by atoms with Crippen LogP contribution in [0.4, 0.5) is 5.82 Å². The third-order valence-corrected chi connectivity index (χ3v) is 2.22. The lowest BCUT2D eigenvalue weighted by Crippen LogP contribution is -2.27. The molecule has 9 nitrogen and oxygen atoms in total. The average Bonchev–Trinajstić information content (AvgIpc) is 2.91. The molecule has 2 rings (SSSR count). The number of anilines is 1. The molecule has 0 aliphatic rings. The Labute approximate surface area is 102 Å². The Kier molecular flexibility index (Phi) is 3.44. The fourth-order valence-corrected chi connectivity index (χ4v) is 1.31. The quantitative estimate of drug-likeness (QED) is 0.475. The van der Waals surface area contributed by atoms with E-state index in [2.05, 4.69) is 30.6 Å². The number of nitrogen functional groups attached to an aromatic ring is 1. The van der Waals surface area contributed by atoms with Crippen LogP contribution in [-0.2, 0) is 6.54 Å². The highest BCUT2D eigenvalue weighted by Crippen LogP contribution is 2.04. The zero-order valence-electron chi connectivity index (χ0n) is 9.66. The summed E-state index contributed by atoms with van der Waals surface area (Å²) in [6.45, 7) is 0.317. The monoisotopic (exact) mass is 248 g/mol. The van der Waals surface area contributed by atoms with E-state index in [0.717, 1.165) is 0 Å². The van der Waals surface area contributed by atoms with E-state index in [1.165, 1.54) is 23.6 Å². The Balaban J connectivity index is 2.05. The minimum Gasteiger partial charge on any atom is -0.333 e. The Bertz CT molecular complexity index is 508. The Morgan fingerprint density at radius 1 is 1.44 bits per heavy atom. The van der Waals surface area contributed by atoms with Gasteiger partial charge in [-0.1, -0.05) is 0 Å². The lowest BCUT2D eigenvalue weighted by Gasteiger charge is -2.14. The Hall–Kier alpha value is -2.55. The molecule has 94 valence electrons. The van der Waals surface area contributed by atoms with Gasteiger partial charge in [-0.25, -0.2) is 20.8 Å². The molecule has 0 spiro atoms. The highest BCUT2D eigenvalue weighted by molar-refractivity contribution is 5.91. The molecular weight excluding hydrogens is 236 g/mol. The Morgan fingerprint density at radius 2 is 2.28 bits per heavy atom. The van der Waals surface area contributed by atoms with Gasteiger partial charge in [0.1, 0.15) is 17.8 Å². The number of carbonyl (C=O) groups is 1. The molecule has 9 heteroatoms. The SMILES string of the molecule is CN(Cc1ncn[nH]1)C(=O)c1cnc(NN)cn1. The standard InChI is InChI=1S/C9H12N8O/c1-17(4-8-13-5-14-16-8)9(18)6-2-12-7(15-10)3-11-6/h2-3,5H,4,10H2,1H3,(H,12,15)(H,13,14,16). The van der Waals surface area contributed by atoms with Crippen LogP contribution in [0.15, 0.2) is 18.7 Å². The van der Waals surface area contributed by atoms with Crippen LogP contribution in [0.3, 0.4) is 0 Å². The van der Waals surface area contributed by atoms with E-state index in [4.69, 9.17) is 5.84 Å². The smallest absolute Gasteiger partial charge is 0.274 e. The van der Waals surface area contributed by atoms with Crippen LogP contribution in [0.2, 0.25) is 0 Å². The van der Waals surface area contributed by atoms with Gasteiger partial charge in [0.25, 0.3) is 5.91 Å². The second kappa shape index (κ2) is 5.19. The largest absolute Gasteiger partial charge is 0.333 e. The number of aromatic amines is 1. The average molecular weight is 248 g/mol. The molecule has 18 heavy (non-hydrogen) atoms. The van der Waals surface area contributed by atoms with Gasteiger partial charge >= 0.3 is 0 Å². The molecule has 0 saturated carbocycles. The van der Waals surface area contributed by atoms with Crippen molar-refractivity contribution in [1.82, 2.24) is 30.0 Å². The molecule has 0 fully saturated rings. The summed E-state index contributed by atoms with van der Waals surface area (Å²) >= 11 is 0. The molecule has 0 bridgehead atoms. The molecule has 4 N–H and O–H groups in total. The van der Waals surface area contributed by atoms with Crippen LogP contribution >= 0.6 is 0 Å². The summed E-state index contributed by atoms with van der Waals surface area (Å²) in [4.78, 5) is 25.2. The Morgan fingerprint density at radius 3 is 2.83 bits per heavy atom. The molecule has 0 aliphatic carbocycles. The molecule has 2 aromatic rings. The third kappa shape index (κ3) is 2.58. The second-order valence-corrected chi connectivity index (χ2v) is 3.52. The van der Waals surface area contributed by atoms with Crippen LogP contribution in [0.5, 0.6) is 0 Å². The fourth-order valence-electron chi connectivity index (χ4n) is 1.31. The first-order chi connectivity index (χ1) is 8.70. The maximum Gasteiger partial charge on any atom is 0.274 e. The van der Waals surface area contributed by atoms with E-state index in [1.807, 2.05) is 0 Å². The maximum atomic E-state index is 12.0. The molecule has 2 heterocycles. The number of nitrogens with one attached hydrogen (secondary N) is 2. The van der Waals surface area contributed by atoms with Crippen molar-refractivity contribution >= 4 is 11.7 Å². The first kappa shape index (κ1) is 11.9. The van der Waals surface area contributed by atoms with Gasteiger partial charge in [-0.3, -0.25) is 9.89 Å². The van der Waals surface area contributed by atoms with Crippen molar-refractivity contribution in [1.29, 1.82) is 0 Å². The van der Waals surface area contributed by atoms with E-state index >= 15 is 0 Å². The molecule has 0 saturated heterocycles. The predicted octanol–water partition coefficient (Wildman–Crippen LogP) is -0.847. The summed E-state index contributed by atoms with van der Waals surface area (Å²) in [6.07, 6.45) is 4.12. The molecule has 0 radical (unpaired) electrons. The number of hydrogen-bond donors (Lipinski definition) is 3. The number of hydrogen-bond acceptors (Lipinski definition) is 7. The van der Waals surface area contributed by atoms with Gasteiger partial charge in [0.2, 0.25) is 0 Å². The summed E-state index contributed by atoms with van der Waals surface area (Å²) in [5.74, 6) is 5.89. The van der Waals surface area contributed by atoms with Crippen LogP contribution in [-0.4, -0.2) is 43.0 Å². The molecule has 0 aromatic carbocycles. The highest BCUT2D eigenvalue weighted by Gasteiger charge is 2.14. The number of H-pyrrole nitrogens is 1. The molecule has 1 amide bonds. The molecule has 0 unspecified atom stereocenters. The van der Waals surface area contributed by atoms with Crippen molar-refractivity contribution in [3.05, 3.63) is 30.2 Å². The number of hydrazine groups is 1. The van der Waals surface area contributed by atoms with Gasteiger partial charge in [0, 0.05) is 7.05 Å². The topological polar surface area (TPSA) is 126 Å². The minimum atomic E-state index is -0.262. The van der Waals surface area contributed by atoms with Gasteiger partial charge in [0.15, 0.2) is 5.82 Å². The molecular formula is C9H12N8O. The van der Waals surface area contributed by atoms with Gasteiger partial charge in [0.05, 0.1) is 18.9 Å². The summed E-state index contributed by atoms with van der Waals surface area (Å²) in [5, 5.41) is 6.38. The van der Waals surface area contributed by atoms with Crippen LogP contribution in [0.25, 0.3) is 0 Å². The zero-order chi connectivity index (χ0) is 13.0. The number of rotatable bonds is 4. The van der Waals surface area contributed by atoms with Gasteiger partial charge in [-0.15, -0.1) is 0 Å². The van der Waals surface area contributed by atoms with Crippen molar-refractivity contribution in [2.24, 2.45) is 5.84 Å². The number of carbonyl (C=O) groups excluding carboxylic acids is 1. The lowest BCUT2D eigenvalue weighted by atomic mass is 10.3. The molecule has 0 aliphatic heterocycles. The predicted molar refractivity (Wildman–Crippen MR) is 62.0 cm³/mol. The van der Waals surface area contributed by atoms with E-state index < -0.39 is 0 Å². The fraction of sp³-hybridized carbons (Fsp3) is 0.222.